The maximum absolute atomic E-state index is 13.1. The lowest BCUT2D eigenvalue weighted by Crippen LogP contribution is -2.34. The number of allylic oxidation sites excluding steroid dienone is 1. The van der Waals surface area contributed by atoms with Crippen LogP contribution in [0.2, 0.25) is 0 Å². The van der Waals surface area contributed by atoms with Gasteiger partial charge < -0.3 is 14.2 Å². The molecule has 0 unspecified atom stereocenters. The highest BCUT2D eigenvalue weighted by Gasteiger charge is 2.33. The van der Waals surface area contributed by atoms with Crippen LogP contribution >= 0.6 is 0 Å². The predicted molar refractivity (Wildman–Crippen MR) is 123 cm³/mol. The Labute approximate surface area is 192 Å². The molecule has 0 saturated heterocycles. The summed E-state index contributed by atoms with van der Waals surface area (Å²) in [6, 6.07) is 15.9. The average Bonchev–Trinajstić information content (AvgIpc) is 3.14. The van der Waals surface area contributed by atoms with E-state index in [-0.39, 0.29) is 17.4 Å². The predicted octanol–water partition coefficient (Wildman–Crippen LogP) is 5.15. The third-order valence-corrected chi connectivity index (χ3v) is 6.02. The lowest BCUT2D eigenvalue weighted by molar-refractivity contribution is 0.0954. The molecule has 2 aliphatic heterocycles. The first-order valence-electron chi connectivity index (χ1n) is 10.9. The van der Waals surface area contributed by atoms with Crippen molar-refractivity contribution in [2.24, 2.45) is 0 Å². The molecule has 0 aromatic heterocycles. The minimum Gasteiger partial charge on any atom is -0.497 e. The molecule has 0 saturated carbocycles. The maximum Gasteiger partial charge on any atom is 0.231 e. The molecule has 5 rings (SSSR count). The number of benzene rings is 3. The van der Waals surface area contributed by atoms with Crippen LogP contribution in [0.4, 0.5) is 4.39 Å². The van der Waals surface area contributed by atoms with E-state index in [0.29, 0.717) is 30.3 Å². The molecule has 0 radical (unpaired) electrons. The SMILES string of the molecule is COc1cccc(/C=C2\Oc3c(cc4c(c3C)OCN(CCc3ccc(F)cc3)C4)C2=O)c1. The summed E-state index contributed by atoms with van der Waals surface area (Å²) in [4.78, 5) is 15.3. The molecule has 33 heavy (non-hydrogen) atoms. The van der Waals surface area contributed by atoms with Gasteiger partial charge in [0.1, 0.15) is 29.8 Å². The van der Waals surface area contributed by atoms with Crippen molar-refractivity contribution in [2.45, 2.75) is 19.9 Å². The summed E-state index contributed by atoms with van der Waals surface area (Å²) in [6.45, 7) is 3.82. The fourth-order valence-electron chi connectivity index (χ4n) is 4.26. The van der Waals surface area contributed by atoms with Crippen molar-refractivity contribution in [3.8, 4) is 17.2 Å². The number of fused-ring (bicyclic) bond motifs is 2. The highest BCUT2D eigenvalue weighted by atomic mass is 19.1. The van der Waals surface area contributed by atoms with Crippen molar-refractivity contribution >= 4 is 11.9 Å². The molecular formula is C27H24FNO4. The summed E-state index contributed by atoms with van der Waals surface area (Å²) in [7, 11) is 1.61. The first kappa shape index (κ1) is 21.2. The Bertz CT molecular complexity index is 1250. The van der Waals surface area contributed by atoms with E-state index in [9.17, 15) is 9.18 Å². The number of hydrogen-bond acceptors (Lipinski definition) is 5. The number of rotatable bonds is 5. The van der Waals surface area contributed by atoms with Crippen LogP contribution in [0.3, 0.4) is 0 Å². The Balaban J connectivity index is 1.35. The molecule has 0 amide bonds. The minimum absolute atomic E-state index is 0.137. The van der Waals surface area contributed by atoms with Gasteiger partial charge >= 0.3 is 0 Å². The Kier molecular flexibility index (Phi) is 5.60. The molecule has 0 bridgehead atoms. The number of carbonyl (C=O) groups excluding carboxylic acids is 1. The number of hydrogen-bond donors (Lipinski definition) is 0. The average molecular weight is 445 g/mol. The van der Waals surface area contributed by atoms with Gasteiger partial charge in [-0.3, -0.25) is 9.69 Å². The third-order valence-electron chi connectivity index (χ3n) is 6.02. The standard InChI is InChI=1S/C27H24FNO4/c1-17-26-20(15-29(16-32-26)11-10-18-6-8-21(28)9-7-18)14-23-25(30)24(33-27(17)23)13-19-4-3-5-22(12-19)31-2/h3-9,12-14H,10-11,15-16H2,1-2H3/b24-13-. The number of nitrogens with zero attached hydrogens (tertiary/aromatic N) is 1. The van der Waals surface area contributed by atoms with E-state index in [1.165, 1.54) is 12.1 Å². The van der Waals surface area contributed by atoms with Crippen molar-refractivity contribution in [2.75, 3.05) is 20.4 Å². The second-order valence-corrected chi connectivity index (χ2v) is 8.29. The zero-order chi connectivity index (χ0) is 22.9. The van der Waals surface area contributed by atoms with E-state index < -0.39 is 0 Å². The van der Waals surface area contributed by atoms with Crippen molar-refractivity contribution in [1.29, 1.82) is 0 Å². The van der Waals surface area contributed by atoms with Gasteiger partial charge in [0.2, 0.25) is 5.78 Å². The van der Waals surface area contributed by atoms with Gasteiger partial charge in [-0.2, -0.15) is 0 Å². The zero-order valence-corrected chi connectivity index (χ0v) is 18.6. The summed E-state index contributed by atoms with van der Waals surface area (Å²) in [5.41, 5.74) is 4.27. The number of ether oxygens (including phenoxy) is 3. The van der Waals surface area contributed by atoms with Crippen molar-refractivity contribution < 1.29 is 23.4 Å². The Morgan fingerprint density at radius 1 is 1.12 bits per heavy atom. The van der Waals surface area contributed by atoms with Crippen molar-refractivity contribution in [3.63, 3.8) is 0 Å². The summed E-state index contributed by atoms with van der Waals surface area (Å²) in [5, 5.41) is 0. The second-order valence-electron chi connectivity index (χ2n) is 8.29. The van der Waals surface area contributed by atoms with Gasteiger partial charge in [0.25, 0.3) is 0 Å². The summed E-state index contributed by atoms with van der Waals surface area (Å²) in [6.07, 6.45) is 2.53. The van der Waals surface area contributed by atoms with Crippen LogP contribution in [0.25, 0.3) is 6.08 Å². The van der Waals surface area contributed by atoms with Crippen molar-refractivity contribution in [3.05, 3.63) is 94.0 Å². The lowest BCUT2D eigenvalue weighted by atomic mass is 10.00. The number of carbonyl (C=O) groups is 1. The number of methoxy groups -OCH3 is 1. The van der Waals surface area contributed by atoms with Crippen molar-refractivity contribution in [1.82, 2.24) is 4.90 Å². The molecule has 2 heterocycles. The van der Waals surface area contributed by atoms with E-state index in [1.54, 1.807) is 25.3 Å². The fourth-order valence-corrected chi connectivity index (χ4v) is 4.26. The van der Waals surface area contributed by atoms with E-state index in [4.69, 9.17) is 14.2 Å². The Hall–Kier alpha value is -3.64. The topological polar surface area (TPSA) is 48.0 Å². The van der Waals surface area contributed by atoms with Crippen LogP contribution in [0.1, 0.15) is 32.6 Å². The van der Waals surface area contributed by atoms with Crippen LogP contribution in [0, 0.1) is 12.7 Å². The van der Waals surface area contributed by atoms with Crippen LogP contribution in [0.15, 0.2) is 60.4 Å². The minimum atomic E-state index is -0.231. The molecule has 0 spiro atoms. The largest absolute Gasteiger partial charge is 0.497 e. The second kappa shape index (κ2) is 8.71. The number of halogens is 1. The molecule has 0 aliphatic carbocycles. The van der Waals surface area contributed by atoms with Crippen LogP contribution in [0.5, 0.6) is 17.2 Å². The van der Waals surface area contributed by atoms with Crippen LogP contribution in [-0.2, 0) is 13.0 Å². The first-order chi connectivity index (χ1) is 16.0. The Morgan fingerprint density at radius 3 is 2.73 bits per heavy atom. The van der Waals surface area contributed by atoms with Gasteiger partial charge in [0.05, 0.1) is 12.7 Å². The molecule has 3 aromatic rings. The van der Waals surface area contributed by atoms with Gasteiger partial charge in [-0.05, 0) is 60.9 Å². The molecule has 2 aliphatic rings. The molecule has 0 atom stereocenters. The highest BCUT2D eigenvalue weighted by molar-refractivity contribution is 6.15. The maximum atomic E-state index is 13.1. The van der Waals surface area contributed by atoms with Crippen LogP contribution in [-0.4, -0.2) is 31.1 Å². The molecule has 5 nitrogen and oxygen atoms in total. The van der Waals surface area contributed by atoms with Gasteiger partial charge in [-0.15, -0.1) is 0 Å². The fraction of sp³-hybridized carbons (Fsp3) is 0.222. The molecule has 6 heteroatoms. The van der Waals surface area contributed by atoms with Gasteiger partial charge in [-0.1, -0.05) is 24.3 Å². The van der Waals surface area contributed by atoms with E-state index >= 15 is 0 Å². The van der Waals surface area contributed by atoms with Gasteiger partial charge in [-0.25, -0.2) is 4.39 Å². The number of Topliss-reactive ketones (excluding diaryl/α,β-unsaturated/α-hetero) is 1. The summed E-state index contributed by atoms with van der Waals surface area (Å²) in [5.74, 6) is 1.98. The molecule has 3 aromatic carbocycles. The normalized spacial score (nSPS) is 16.2. The molecule has 0 fully saturated rings. The summed E-state index contributed by atoms with van der Waals surface area (Å²) >= 11 is 0. The molecular weight excluding hydrogens is 421 g/mol. The number of ketones is 1. The van der Waals surface area contributed by atoms with Gasteiger partial charge in [0.15, 0.2) is 5.76 Å². The monoisotopic (exact) mass is 445 g/mol. The lowest BCUT2D eigenvalue weighted by Gasteiger charge is -2.30. The Morgan fingerprint density at radius 2 is 1.94 bits per heavy atom. The van der Waals surface area contributed by atoms with E-state index in [1.807, 2.05) is 37.3 Å². The highest BCUT2D eigenvalue weighted by Crippen LogP contribution is 2.43. The summed E-state index contributed by atoms with van der Waals surface area (Å²) < 4.78 is 30.4. The molecule has 168 valence electrons. The van der Waals surface area contributed by atoms with Crippen LogP contribution < -0.4 is 14.2 Å². The molecule has 0 N–H and O–H groups in total. The van der Waals surface area contributed by atoms with E-state index in [0.717, 1.165) is 41.0 Å². The first-order valence-corrected chi connectivity index (χ1v) is 10.9. The zero-order valence-electron chi connectivity index (χ0n) is 18.6. The van der Waals surface area contributed by atoms with E-state index in [2.05, 4.69) is 4.90 Å². The smallest absolute Gasteiger partial charge is 0.231 e. The quantitative estimate of drug-likeness (QED) is 0.508. The van der Waals surface area contributed by atoms with Gasteiger partial charge in [0, 0.05) is 24.2 Å². The third kappa shape index (κ3) is 4.22.